The second kappa shape index (κ2) is 7.48. The molecule has 9 nitrogen and oxygen atoms in total. The number of nitrogens with one attached hydrogen (secondary N) is 1. The molecule has 1 fully saturated rings. The zero-order chi connectivity index (χ0) is 19.6. The van der Waals surface area contributed by atoms with E-state index >= 15 is 0 Å². The van der Waals surface area contributed by atoms with Gasteiger partial charge in [0.15, 0.2) is 12.3 Å². The third-order valence-corrected chi connectivity index (χ3v) is 4.36. The van der Waals surface area contributed by atoms with Crippen LogP contribution in [0.2, 0.25) is 0 Å². The van der Waals surface area contributed by atoms with E-state index in [1.165, 1.54) is 11.6 Å². The number of ether oxygens (including phenoxy) is 1. The number of carbonyl (C=O) groups excluding carboxylic acids is 2. The average molecular weight is 372 g/mol. The first kappa shape index (κ1) is 18.4. The quantitative estimate of drug-likeness (QED) is 0.692. The van der Waals surface area contributed by atoms with Gasteiger partial charge in [-0.25, -0.2) is 4.79 Å². The number of benzene rings is 1. The number of hydrogen-bond donors (Lipinski definition) is 2. The number of aromatic nitrogens is 2. The minimum atomic E-state index is -0.786. The Labute approximate surface area is 154 Å². The first-order valence-electron chi connectivity index (χ1n) is 8.48. The normalized spacial score (nSPS) is 13.2. The first-order chi connectivity index (χ1) is 12.9. The summed E-state index contributed by atoms with van der Waals surface area (Å²) in [5.41, 5.74) is 5.20. The van der Waals surface area contributed by atoms with Crippen LogP contribution in [0.15, 0.2) is 39.9 Å². The molecule has 27 heavy (non-hydrogen) atoms. The molecule has 1 heterocycles. The predicted octanol–water partition coefficient (Wildman–Crippen LogP) is 0.0831. The number of amides is 1. The van der Waals surface area contributed by atoms with E-state index in [-0.39, 0.29) is 24.0 Å². The standard InChI is InChI=1S/C18H20N4O5/c1-21(13(23)10-27-17(25)12-7-8-12)14-15(19)22(18(26)20-16(14)24)9-11-5-3-2-4-6-11/h2-6,12H,7-10,19H2,1H3,(H,20,24,26). The van der Waals surface area contributed by atoms with Crippen molar-refractivity contribution in [1.82, 2.24) is 9.55 Å². The fourth-order valence-corrected chi connectivity index (χ4v) is 2.62. The van der Waals surface area contributed by atoms with Crippen molar-refractivity contribution in [1.29, 1.82) is 0 Å². The van der Waals surface area contributed by atoms with Crippen LogP contribution in [0.1, 0.15) is 18.4 Å². The molecule has 1 amide bonds. The minimum absolute atomic E-state index is 0.133. The summed E-state index contributed by atoms with van der Waals surface area (Å²) in [7, 11) is 1.34. The lowest BCUT2D eigenvalue weighted by Crippen LogP contribution is -2.40. The lowest BCUT2D eigenvalue weighted by atomic mass is 10.2. The van der Waals surface area contributed by atoms with E-state index in [1.807, 2.05) is 30.3 Å². The highest BCUT2D eigenvalue weighted by molar-refractivity contribution is 5.96. The lowest BCUT2D eigenvalue weighted by Gasteiger charge is -2.20. The second-order valence-corrected chi connectivity index (χ2v) is 6.40. The van der Waals surface area contributed by atoms with E-state index in [1.54, 1.807) is 0 Å². The van der Waals surface area contributed by atoms with Gasteiger partial charge >= 0.3 is 11.7 Å². The maximum atomic E-state index is 12.3. The van der Waals surface area contributed by atoms with Crippen LogP contribution in [0.3, 0.4) is 0 Å². The molecule has 0 saturated heterocycles. The molecule has 1 saturated carbocycles. The van der Waals surface area contributed by atoms with Gasteiger partial charge in [-0.3, -0.25) is 23.9 Å². The molecule has 1 aromatic carbocycles. The van der Waals surface area contributed by atoms with Gasteiger partial charge in [0.25, 0.3) is 11.5 Å². The highest BCUT2D eigenvalue weighted by Gasteiger charge is 2.32. The number of esters is 1. The van der Waals surface area contributed by atoms with Gasteiger partial charge < -0.3 is 15.4 Å². The predicted molar refractivity (Wildman–Crippen MR) is 98.4 cm³/mol. The van der Waals surface area contributed by atoms with Crippen LogP contribution >= 0.6 is 0 Å². The second-order valence-electron chi connectivity index (χ2n) is 6.40. The molecule has 9 heteroatoms. The number of aromatic amines is 1. The Morgan fingerprint density at radius 1 is 1.26 bits per heavy atom. The summed E-state index contributed by atoms with van der Waals surface area (Å²) in [5.74, 6) is -1.32. The van der Waals surface area contributed by atoms with Crippen molar-refractivity contribution in [2.45, 2.75) is 19.4 Å². The molecule has 1 aliphatic carbocycles. The highest BCUT2D eigenvalue weighted by atomic mass is 16.5. The summed E-state index contributed by atoms with van der Waals surface area (Å²) >= 11 is 0. The summed E-state index contributed by atoms with van der Waals surface area (Å²) in [6.45, 7) is -0.365. The summed E-state index contributed by atoms with van der Waals surface area (Å²) in [6, 6.07) is 9.08. The van der Waals surface area contributed by atoms with Crippen molar-refractivity contribution in [2.24, 2.45) is 5.92 Å². The SMILES string of the molecule is CN(C(=O)COC(=O)C1CC1)c1c(N)n(Cc2ccccc2)c(=O)[nH]c1=O. The number of hydrogen-bond acceptors (Lipinski definition) is 6. The Hall–Kier alpha value is -3.36. The summed E-state index contributed by atoms with van der Waals surface area (Å²) < 4.78 is 6.12. The molecule has 0 atom stereocenters. The molecule has 0 spiro atoms. The first-order valence-corrected chi connectivity index (χ1v) is 8.48. The van der Waals surface area contributed by atoms with Gasteiger partial charge in [-0.2, -0.15) is 0 Å². The summed E-state index contributed by atoms with van der Waals surface area (Å²) in [5, 5.41) is 0. The zero-order valence-corrected chi connectivity index (χ0v) is 14.8. The number of nitrogen functional groups attached to an aromatic ring is 1. The van der Waals surface area contributed by atoms with E-state index in [0.717, 1.165) is 23.3 Å². The van der Waals surface area contributed by atoms with Crippen molar-refractivity contribution in [3.8, 4) is 0 Å². The van der Waals surface area contributed by atoms with Gasteiger partial charge in [0.1, 0.15) is 5.82 Å². The molecule has 2 aromatic rings. The van der Waals surface area contributed by atoms with Crippen molar-refractivity contribution < 1.29 is 14.3 Å². The van der Waals surface area contributed by atoms with Crippen molar-refractivity contribution in [3.05, 3.63) is 56.7 Å². The fraction of sp³-hybridized carbons (Fsp3) is 0.333. The van der Waals surface area contributed by atoms with Gasteiger partial charge in [0, 0.05) is 7.05 Å². The van der Waals surface area contributed by atoms with E-state index in [4.69, 9.17) is 10.5 Å². The topological polar surface area (TPSA) is 127 Å². The van der Waals surface area contributed by atoms with Gasteiger partial charge in [-0.15, -0.1) is 0 Å². The van der Waals surface area contributed by atoms with E-state index < -0.39 is 29.7 Å². The largest absolute Gasteiger partial charge is 0.455 e. The number of nitrogens with two attached hydrogens (primary N) is 1. The van der Waals surface area contributed by atoms with Crippen molar-refractivity contribution >= 4 is 23.4 Å². The Morgan fingerprint density at radius 3 is 2.56 bits per heavy atom. The number of H-pyrrole nitrogens is 1. The van der Waals surface area contributed by atoms with Crippen LogP contribution in [0.25, 0.3) is 0 Å². The molecule has 3 rings (SSSR count). The number of likely N-dealkylation sites (N-methyl/N-ethyl adjacent to an activating group) is 1. The zero-order valence-electron chi connectivity index (χ0n) is 14.8. The van der Waals surface area contributed by atoms with Gasteiger partial charge in [0.05, 0.1) is 12.5 Å². The highest BCUT2D eigenvalue weighted by Crippen LogP contribution is 2.30. The lowest BCUT2D eigenvalue weighted by molar-refractivity contribution is -0.149. The molecular formula is C18H20N4O5. The van der Waals surface area contributed by atoms with E-state index in [0.29, 0.717) is 0 Å². The van der Waals surface area contributed by atoms with Crippen LogP contribution in [0, 0.1) is 5.92 Å². The van der Waals surface area contributed by atoms with Crippen LogP contribution in [-0.4, -0.2) is 35.1 Å². The molecule has 3 N–H and O–H groups in total. The molecule has 142 valence electrons. The average Bonchev–Trinajstić information content (AvgIpc) is 3.48. The van der Waals surface area contributed by atoms with Crippen LogP contribution in [0.4, 0.5) is 11.5 Å². The molecule has 0 aliphatic heterocycles. The van der Waals surface area contributed by atoms with Crippen molar-refractivity contribution in [2.75, 3.05) is 24.3 Å². The van der Waals surface area contributed by atoms with Crippen LogP contribution < -0.4 is 21.9 Å². The fourth-order valence-electron chi connectivity index (χ4n) is 2.62. The number of anilines is 2. The maximum absolute atomic E-state index is 12.3. The van der Waals surface area contributed by atoms with E-state index in [2.05, 4.69) is 4.98 Å². The van der Waals surface area contributed by atoms with Crippen LogP contribution in [0.5, 0.6) is 0 Å². The molecule has 0 unspecified atom stereocenters. The molecular weight excluding hydrogens is 352 g/mol. The third-order valence-electron chi connectivity index (χ3n) is 4.36. The molecule has 1 aliphatic rings. The Morgan fingerprint density at radius 2 is 1.93 bits per heavy atom. The Kier molecular flexibility index (Phi) is 5.11. The number of carbonyl (C=O) groups is 2. The van der Waals surface area contributed by atoms with Gasteiger partial charge in [-0.1, -0.05) is 30.3 Å². The number of rotatable bonds is 6. The van der Waals surface area contributed by atoms with Gasteiger partial charge in [-0.05, 0) is 18.4 Å². The van der Waals surface area contributed by atoms with Gasteiger partial charge in [0.2, 0.25) is 0 Å². The summed E-state index contributed by atoms with van der Waals surface area (Å²) in [4.78, 5) is 51.4. The third kappa shape index (κ3) is 4.08. The monoisotopic (exact) mass is 372 g/mol. The van der Waals surface area contributed by atoms with Crippen LogP contribution in [-0.2, 0) is 20.9 Å². The number of nitrogens with zero attached hydrogens (tertiary/aromatic N) is 2. The molecule has 0 bridgehead atoms. The smallest absolute Gasteiger partial charge is 0.330 e. The minimum Gasteiger partial charge on any atom is -0.455 e. The molecule has 1 aromatic heterocycles. The maximum Gasteiger partial charge on any atom is 0.330 e. The molecule has 0 radical (unpaired) electrons. The Balaban J connectivity index is 1.84. The Bertz CT molecular complexity index is 975. The summed E-state index contributed by atoms with van der Waals surface area (Å²) in [6.07, 6.45) is 1.53. The van der Waals surface area contributed by atoms with Crippen molar-refractivity contribution in [3.63, 3.8) is 0 Å². The van der Waals surface area contributed by atoms with E-state index in [9.17, 15) is 19.2 Å².